The summed E-state index contributed by atoms with van der Waals surface area (Å²) >= 11 is 0. The summed E-state index contributed by atoms with van der Waals surface area (Å²) in [5.41, 5.74) is 3.43. The summed E-state index contributed by atoms with van der Waals surface area (Å²) < 4.78 is 10.7. The van der Waals surface area contributed by atoms with E-state index in [4.69, 9.17) is 9.47 Å². The average molecular weight is 396 g/mol. The first kappa shape index (κ1) is 20.7. The van der Waals surface area contributed by atoms with Crippen LogP contribution in [-0.4, -0.2) is 44.0 Å². The number of nitrogens with one attached hydrogen (secondary N) is 1. The Kier molecular flexibility index (Phi) is 7.11. The van der Waals surface area contributed by atoms with E-state index in [1.165, 1.54) is 5.56 Å². The number of hydrogen-bond donors (Lipinski definition) is 1. The van der Waals surface area contributed by atoms with E-state index < -0.39 is 0 Å². The van der Waals surface area contributed by atoms with Crippen molar-refractivity contribution in [3.05, 3.63) is 59.2 Å². The Bertz CT molecular complexity index is 851. The van der Waals surface area contributed by atoms with Gasteiger partial charge in [-0.3, -0.25) is 9.59 Å². The molecule has 0 spiro atoms. The molecule has 3 rings (SSSR count). The fourth-order valence-corrected chi connectivity index (χ4v) is 3.57. The van der Waals surface area contributed by atoms with Crippen molar-refractivity contribution >= 4 is 11.8 Å². The van der Waals surface area contributed by atoms with Crippen LogP contribution in [0.15, 0.2) is 42.5 Å². The highest BCUT2D eigenvalue weighted by molar-refractivity contribution is 5.96. The average Bonchev–Trinajstić information content (AvgIpc) is 2.76. The van der Waals surface area contributed by atoms with Crippen LogP contribution in [0.1, 0.15) is 29.5 Å². The van der Waals surface area contributed by atoms with Crippen LogP contribution in [0.4, 0.5) is 0 Å². The number of carbonyl (C=O) groups is 2. The molecule has 1 N–H and O–H groups in total. The van der Waals surface area contributed by atoms with E-state index >= 15 is 0 Å². The molecule has 0 unspecified atom stereocenters. The van der Waals surface area contributed by atoms with Gasteiger partial charge in [0.25, 0.3) is 0 Å². The number of hydrogen-bond acceptors (Lipinski definition) is 4. The first-order valence-electron chi connectivity index (χ1n) is 9.93. The third kappa shape index (κ3) is 5.50. The lowest BCUT2D eigenvalue weighted by molar-refractivity contribution is -0.136. The number of methoxy groups -OCH3 is 2. The molecular formula is C23H28N2O4. The molecule has 6 nitrogen and oxygen atoms in total. The molecular weight excluding hydrogens is 368 g/mol. The molecule has 0 radical (unpaired) electrons. The fourth-order valence-electron chi connectivity index (χ4n) is 3.57. The molecule has 0 fully saturated rings. The van der Waals surface area contributed by atoms with Gasteiger partial charge in [-0.15, -0.1) is 0 Å². The fraction of sp³-hybridized carbons (Fsp3) is 0.391. The predicted octanol–water partition coefficient (Wildman–Crippen LogP) is 2.73. The van der Waals surface area contributed by atoms with Crippen LogP contribution in [0, 0.1) is 0 Å². The van der Waals surface area contributed by atoms with Crippen molar-refractivity contribution in [3.63, 3.8) is 0 Å². The Morgan fingerprint density at radius 2 is 1.72 bits per heavy atom. The number of amides is 2. The summed E-state index contributed by atoms with van der Waals surface area (Å²) in [7, 11) is 3.21. The molecule has 1 heterocycles. The summed E-state index contributed by atoms with van der Waals surface area (Å²) in [6, 6.07) is 14.0. The summed E-state index contributed by atoms with van der Waals surface area (Å²) in [5, 5.41) is 2.85. The van der Waals surface area contributed by atoms with Crippen molar-refractivity contribution in [2.24, 2.45) is 0 Å². The third-order valence-corrected chi connectivity index (χ3v) is 5.19. The van der Waals surface area contributed by atoms with Gasteiger partial charge >= 0.3 is 0 Å². The lowest BCUT2D eigenvalue weighted by atomic mass is 9.98. The number of benzene rings is 2. The zero-order valence-corrected chi connectivity index (χ0v) is 17.1. The van der Waals surface area contributed by atoms with E-state index in [9.17, 15) is 9.59 Å². The summed E-state index contributed by atoms with van der Waals surface area (Å²) in [4.78, 5) is 26.4. The molecule has 1 aliphatic heterocycles. The van der Waals surface area contributed by atoms with Gasteiger partial charge in [-0.1, -0.05) is 30.3 Å². The summed E-state index contributed by atoms with van der Waals surface area (Å²) in [6.45, 7) is 1.65. The molecule has 154 valence electrons. The third-order valence-electron chi connectivity index (χ3n) is 5.19. The minimum atomic E-state index is -0.221. The Labute approximate surface area is 171 Å². The van der Waals surface area contributed by atoms with Crippen molar-refractivity contribution in [3.8, 4) is 11.5 Å². The highest BCUT2D eigenvalue weighted by atomic mass is 16.5. The first-order chi connectivity index (χ1) is 14.1. The van der Waals surface area contributed by atoms with Crippen molar-refractivity contribution in [1.29, 1.82) is 0 Å². The van der Waals surface area contributed by atoms with Crippen LogP contribution in [0.2, 0.25) is 0 Å². The van der Waals surface area contributed by atoms with E-state index in [0.29, 0.717) is 31.1 Å². The van der Waals surface area contributed by atoms with Gasteiger partial charge in [0.05, 0.1) is 14.2 Å². The molecule has 0 aromatic heterocycles. The maximum absolute atomic E-state index is 12.6. The molecule has 2 amide bonds. The highest BCUT2D eigenvalue weighted by Gasteiger charge is 2.24. The maximum atomic E-state index is 12.6. The normalized spacial score (nSPS) is 12.8. The van der Waals surface area contributed by atoms with Crippen LogP contribution < -0.4 is 14.8 Å². The number of carbonyl (C=O) groups excluding carboxylic acids is 2. The number of nitrogens with zero attached hydrogens (tertiary/aromatic N) is 1. The minimum absolute atomic E-state index is 0.117. The van der Waals surface area contributed by atoms with Gasteiger partial charge in [-0.25, -0.2) is 0 Å². The van der Waals surface area contributed by atoms with Gasteiger partial charge in [0.1, 0.15) is 6.42 Å². The van der Waals surface area contributed by atoms with Gasteiger partial charge < -0.3 is 19.7 Å². The number of aryl methyl sites for hydroxylation is 1. The molecule has 0 aliphatic carbocycles. The Hall–Kier alpha value is -3.02. The van der Waals surface area contributed by atoms with Crippen molar-refractivity contribution in [2.45, 2.75) is 32.2 Å². The van der Waals surface area contributed by atoms with Crippen LogP contribution in [0.3, 0.4) is 0 Å². The van der Waals surface area contributed by atoms with Gasteiger partial charge in [0, 0.05) is 19.6 Å². The van der Waals surface area contributed by atoms with Gasteiger partial charge in [0.2, 0.25) is 11.8 Å². The lowest BCUT2D eigenvalue weighted by Crippen LogP contribution is -2.39. The van der Waals surface area contributed by atoms with Crippen LogP contribution >= 0.6 is 0 Å². The number of rotatable bonds is 8. The van der Waals surface area contributed by atoms with Crippen molar-refractivity contribution in [1.82, 2.24) is 10.2 Å². The second-order valence-electron chi connectivity index (χ2n) is 7.16. The molecule has 2 aromatic carbocycles. The lowest BCUT2D eigenvalue weighted by Gasteiger charge is -2.29. The first-order valence-corrected chi connectivity index (χ1v) is 9.93. The second-order valence-corrected chi connectivity index (χ2v) is 7.16. The molecule has 0 bridgehead atoms. The van der Waals surface area contributed by atoms with E-state index in [-0.39, 0.29) is 18.2 Å². The van der Waals surface area contributed by atoms with E-state index in [0.717, 1.165) is 30.4 Å². The zero-order valence-electron chi connectivity index (χ0n) is 17.1. The minimum Gasteiger partial charge on any atom is -0.493 e. The molecule has 1 aliphatic rings. The van der Waals surface area contributed by atoms with Gasteiger partial charge in [0.15, 0.2) is 11.5 Å². The molecule has 0 saturated heterocycles. The summed E-state index contributed by atoms with van der Waals surface area (Å²) in [5.74, 6) is 0.977. The van der Waals surface area contributed by atoms with Crippen LogP contribution in [-0.2, 0) is 29.0 Å². The number of ether oxygens (including phenoxy) is 2. The Balaban J connectivity index is 1.46. The Morgan fingerprint density at radius 1 is 1.03 bits per heavy atom. The maximum Gasteiger partial charge on any atom is 0.232 e. The standard InChI is InChI=1S/C23H28N2O4/c1-28-20-13-18-10-12-25(16-19(18)14-21(20)29-2)23(27)15-22(26)24-11-6-9-17-7-4-3-5-8-17/h3-5,7-8,13-14H,6,9-12,15-16H2,1-2H3,(H,24,26). The quantitative estimate of drug-likeness (QED) is 0.550. The predicted molar refractivity (Wildman–Crippen MR) is 111 cm³/mol. The van der Waals surface area contributed by atoms with Gasteiger partial charge in [-0.05, 0) is 48.1 Å². The topological polar surface area (TPSA) is 67.9 Å². The monoisotopic (exact) mass is 396 g/mol. The van der Waals surface area contributed by atoms with Crippen molar-refractivity contribution in [2.75, 3.05) is 27.3 Å². The largest absolute Gasteiger partial charge is 0.493 e. The van der Waals surface area contributed by atoms with E-state index in [2.05, 4.69) is 17.4 Å². The van der Waals surface area contributed by atoms with E-state index in [1.807, 2.05) is 30.3 Å². The second kappa shape index (κ2) is 9.96. The Morgan fingerprint density at radius 3 is 2.41 bits per heavy atom. The smallest absolute Gasteiger partial charge is 0.232 e. The SMILES string of the molecule is COc1cc2c(cc1OC)CN(C(=O)CC(=O)NCCCc1ccccc1)CC2. The van der Waals surface area contributed by atoms with Crippen molar-refractivity contribution < 1.29 is 19.1 Å². The summed E-state index contributed by atoms with van der Waals surface area (Å²) in [6.07, 6.45) is 2.38. The molecule has 6 heteroatoms. The molecule has 29 heavy (non-hydrogen) atoms. The molecule has 2 aromatic rings. The van der Waals surface area contributed by atoms with Gasteiger partial charge in [-0.2, -0.15) is 0 Å². The van der Waals surface area contributed by atoms with Crippen LogP contribution in [0.5, 0.6) is 11.5 Å². The zero-order chi connectivity index (χ0) is 20.6. The number of fused-ring (bicyclic) bond motifs is 1. The van der Waals surface area contributed by atoms with E-state index in [1.54, 1.807) is 19.1 Å². The highest BCUT2D eigenvalue weighted by Crippen LogP contribution is 2.33. The van der Waals surface area contributed by atoms with Crippen LogP contribution in [0.25, 0.3) is 0 Å². The molecule has 0 saturated carbocycles. The molecule has 0 atom stereocenters.